The Morgan fingerprint density at radius 2 is 2.20 bits per heavy atom. The predicted molar refractivity (Wildman–Crippen MR) is 40.2 cm³/mol. The van der Waals surface area contributed by atoms with Gasteiger partial charge < -0.3 is 0 Å². The van der Waals surface area contributed by atoms with Gasteiger partial charge in [-0.15, -0.1) is 0 Å². The van der Waals surface area contributed by atoms with Crippen molar-refractivity contribution < 1.29 is 8.42 Å². The van der Waals surface area contributed by atoms with Crippen LogP contribution < -0.4 is 0 Å². The maximum absolute atomic E-state index is 11.1. The molecule has 1 rings (SSSR count). The first kappa shape index (κ1) is 8.01. The zero-order valence-electron chi connectivity index (χ0n) is 6.37. The third kappa shape index (κ3) is 1.18. The van der Waals surface area contributed by atoms with Crippen molar-refractivity contribution in [2.75, 3.05) is 12.3 Å². The summed E-state index contributed by atoms with van der Waals surface area (Å²) in [6.07, 6.45) is 1.01. The topological polar surface area (TPSA) is 37.4 Å². The number of sulfonamides is 1. The molecule has 10 heavy (non-hydrogen) atoms. The smallest absolute Gasteiger partial charge is 0.212 e. The van der Waals surface area contributed by atoms with Crippen LogP contribution in [0.2, 0.25) is 0 Å². The van der Waals surface area contributed by atoms with Crippen molar-refractivity contribution in [3.63, 3.8) is 0 Å². The van der Waals surface area contributed by atoms with Crippen LogP contribution in [0.15, 0.2) is 0 Å². The van der Waals surface area contributed by atoms with Gasteiger partial charge in [0.2, 0.25) is 10.0 Å². The van der Waals surface area contributed by atoms with Crippen LogP contribution in [0.3, 0.4) is 0 Å². The molecule has 60 valence electrons. The Balaban J connectivity index is 2.66. The Kier molecular flexibility index (Phi) is 2.01. The van der Waals surface area contributed by atoms with Gasteiger partial charge in [-0.2, -0.15) is 4.31 Å². The maximum Gasteiger partial charge on any atom is 0.214 e. The van der Waals surface area contributed by atoms with Gasteiger partial charge in [-0.05, 0) is 20.3 Å². The summed E-state index contributed by atoms with van der Waals surface area (Å²) in [6, 6.07) is 0.241. The molecule has 1 aliphatic heterocycles. The lowest BCUT2D eigenvalue weighted by Gasteiger charge is -2.36. The van der Waals surface area contributed by atoms with E-state index >= 15 is 0 Å². The van der Waals surface area contributed by atoms with Gasteiger partial charge in [0.15, 0.2) is 0 Å². The minimum absolute atomic E-state index is 0.233. The molecule has 0 radical (unpaired) electrons. The molecule has 1 aliphatic rings. The summed E-state index contributed by atoms with van der Waals surface area (Å²) >= 11 is 0. The average Bonchev–Trinajstić information content (AvgIpc) is 1.84. The second-order valence-corrected chi connectivity index (χ2v) is 4.86. The van der Waals surface area contributed by atoms with E-state index in [1.807, 2.05) is 6.92 Å². The largest absolute Gasteiger partial charge is 0.214 e. The van der Waals surface area contributed by atoms with Crippen LogP contribution in [0.1, 0.15) is 20.3 Å². The van der Waals surface area contributed by atoms with Crippen molar-refractivity contribution in [3.8, 4) is 0 Å². The van der Waals surface area contributed by atoms with Crippen LogP contribution >= 0.6 is 0 Å². The normalized spacial score (nSPS) is 28.0. The standard InChI is InChI=1S/C6H13NO2S/c1-3-10(8,9)7-5-4-6(7)2/h6H,3-5H2,1-2H3/t6-/m1/s1. The zero-order valence-corrected chi connectivity index (χ0v) is 7.19. The van der Waals surface area contributed by atoms with Gasteiger partial charge in [0.1, 0.15) is 0 Å². The van der Waals surface area contributed by atoms with Crippen molar-refractivity contribution in [3.05, 3.63) is 0 Å². The molecule has 1 saturated heterocycles. The molecule has 0 aromatic heterocycles. The second-order valence-electron chi connectivity index (χ2n) is 2.65. The molecule has 0 aliphatic carbocycles. The molecular formula is C6H13NO2S. The quantitative estimate of drug-likeness (QED) is 0.592. The van der Waals surface area contributed by atoms with Gasteiger partial charge in [-0.3, -0.25) is 0 Å². The van der Waals surface area contributed by atoms with Crippen molar-refractivity contribution in [1.29, 1.82) is 0 Å². The molecule has 0 saturated carbocycles. The first-order valence-electron chi connectivity index (χ1n) is 3.57. The summed E-state index contributed by atoms with van der Waals surface area (Å²) in [4.78, 5) is 0. The van der Waals surface area contributed by atoms with Gasteiger partial charge >= 0.3 is 0 Å². The van der Waals surface area contributed by atoms with Crippen molar-refractivity contribution in [2.24, 2.45) is 0 Å². The van der Waals surface area contributed by atoms with Crippen LogP contribution in [0.5, 0.6) is 0 Å². The van der Waals surface area contributed by atoms with E-state index in [0.717, 1.165) is 13.0 Å². The molecule has 0 spiro atoms. The van der Waals surface area contributed by atoms with Crippen molar-refractivity contribution in [1.82, 2.24) is 4.31 Å². The predicted octanol–water partition coefficient (Wildman–Crippen LogP) is 0.430. The fourth-order valence-corrected chi connectivity index (χ4v) is 2.44. The molecule has 0 N–H and O–H groups in total. The summed E-state index contributed by atoms with van der Waals surface area (Å²) in [7, 11) is -2.88. The van der Waals surface area contributed by atoms with E-state index < -0.39 is 10.0 Å². The van der Waals surface area contributed by atoms with Gasteiger partial charge in [-0.25, -0.2) is 8.42 Å². The highest BCUT2D eigenvalue weighted by molar-refractivity contribution is 7.89. The van der Waals surface area contributed by atoms with Gasteiger partial charge in [0, 0.05) is 12.6 Å². The van der Waals surface area contributed by atoms with Crippen molar-refractivity contribution >= 4 is 10.0 Å². The monoisotopic (exact) mass is 163 g/mol. The number of hydrogen-bond acceptors (Lipinski definition) is 2. The SMILES string of the molecule is CCS(=O)(=O)N1CC[C@H]1C. The van der Waals surface area contributed by atoms with E-state index in [-0.39, 0.29) is 11.8 Å². The van der Waals surface area contributed by atoms with Crippen LogP contribution in [-0.4, -0.2) is 31.1 Å². The fourth-order valence-electron chi connectivity index (χ4n) is 1.07. The number of rotatable bonds is 2. The summed E-state index contributed by atoms with van der Waals surface area (Å²) in [5, 5.41) is 0. The lowest BCUT2D eigenvalue weighted by molar-refractivity contribution is 0.217. The molecule has 1 heterocycles. The third-order valence-corrected chi connectivity index (χ3v) is 3.97. The van der Waals surface area contributed by atoms with E-state index in [1.165, 1.54) is 0 Å². The lowest BCUT2D eigenvalue weighted by Crippen LogP contribution is -2.49. The molecule has 4 heteroatoms. The molecule has 0 aromatic rings. The highest BCUT2D eigenvalue weighted by atomic mass is 32.2. The third-order valence-electron chi connectivity index (χ3n) is 1.98. The van der Waals surface area contributed by atoms with E-state index in [0.29, 0.717) is 0 Å². The highest BCUT2D eigenvalue weighted by Crippen LogP contribution is 2.20. The Labute approximate surface area is 62.1 Å². The molecule has 1 atom stereocenters. The summed E-state index contributed by atoms with van der Waals surface area (Å²) in [6.45, 7) is 4.34. The van der Waals surface area contributed by atoms with Gasteiger partial charge in [0.05, 0.1) is 5.75 Å². The zero-order chi connectivity index (χ0) is 7.78. The van der Waals surface area contributed by atoms with E-state index in [1.54, 1.807) is 11.2 Å². The van der Waals surface area contributed by atoms with E-state index in [4.69, 9.17) is 0 Å². The molecule has 0 amide bonds. The first-order chi connectivity index (χ1) is 4.58. The van der Waals surface area contributed by atoms with Crippen LogP contribution in [0.4, 0.5) is 0 Å². The minimum atomic E-state index is -2.88. The van der Waals surface area contributed by atoms with Crippen LogP contribution in [0, 0.1) is 0 Å². The van der Waals surface area contributed by atoms with Crippen LogP contribution in [0.25, 0.3) is 0 Å². The fraction of sp³-hybridized carbons (Fsp3) is 1.00. The Morgan fingerprint density at radius 3 is 2.30 bits per heavy atom. The Bertz CT molecular complexity index is 210. The second kappa shape index (κ2) is 2.51. The summed E-state index contributed by atoms with van der Waals surface area (Å²) < 4.78 is 23.8. The molecular weight excluding hydrogens is 150 g/mol. The maximum atomic E-state index is 11.1. The highest BCUT2D eigenvalue weighted by Gasteiger charge is 2.32. The molecule has 0 unspecified atom stereocenters. The average molecular weight is 163 g/mol. The lowest BCUT2D eigenvalue weighted by atomic mass is 10.1. The number of hydrogen-bond donors (Lipinski definition) is 0. The molecule has 1 fully saturated rings. The Morgan fingerprint density at radius 1 is 1.60 bits per heavy atom. The van der Waals surface area contributed by atoms with E-state index in [9.17, 15) is 8.42 Å². The molecule has 0 bridgehead atoms. The minimum Gasteiger partial charge on any atom is -0.212 e. The molecule has 0 aromatic carbocycles. The molecule has 3 nitrogen and oxygen atoms in total. The Hall–Kier alpha value is -0.0900. The van der Waals surface area contributed by atoms with Crippen LogP contribution in [-0.2, 0) is 10.0 Å². The van der Waals surface area contributed by atoms with Gasteiger partial charge in [-0.1, -0.05) is 0 Å². The first-order valence-corrected chi connectivity index (χ1v) is 5.18. The van der Waals surface area contributed by atoms with E-state index in [2.05, 4.69) is 0 Å². The van der Waals surface area contributed by atoms with Crippen molar-refractivity contribution in [2.45, 2.75) is 26.3 Å². The van der Waals surface area contributed by atoms with Gasteiger partial charge in [0.25, 0.3) is 0 Å². The summed E-state index contributed by atoms with van der Waals surface area (Å²) in [5.74, 6) is 0.233. The summed E-state index contributed by atoms with van der Waals surface area (Å²) in [5.41, 5.74) is 0. The number of nitrogens with zero attached hydrogens (tertiary/aromatic N) is 1.